The Bertz CT molecular complexity index is 1190. The fraction of sp³-hybridized carbons (Fsp3) is 0.300. The van der Waals surface area contributed by atoms with Crippen LogP contribution in [0, 0.1) is 11.6 Å². The Morgan fingerprint density at radius 2 is 1.75 bits per heavy atom. The highest BCUT2D eigenvalue weighted by atomic mass is 19.1. The van der Waals surface area contributed by atoms with Gasteiger partial charge in [0, 0.05) is 12.1 Å². The van der Waals surface area contributed by atoms with E-state index in [4.69, 9.17) is 9.47 Å². The monoisotopic (exact) mass is 449 g/mol. The molecule has 0 saturated carbocycles. The number of carboxylic acids is 1. The summed E-state index contributed by atoms with van der Waals surface area (Å²) in [7, 11) is 2.74. The molecule has 32 heavy (non-hydrogen) atoms. The Kier molecular flexibility index (Phi) is 6.42. The molecule has 0 amide bonds. The number of para-hydroxylation sites is 1. The molecule has 1 N–H and O–H groups in total. The molecule has 0 aliphatic carbocycles. The number of aromatic nitrogens is 4. The maximum absolute atomic E-state index is 14.1. The summed E-state index contributed by atoms with van der Waals surface area (Å²) in [4.78, 5) is 26.1. The lowest BCUT2D eigenvalue weighted by molar-refractivity contribution is 0.0693. The fourth-order valence-corrected chi connectivity index (χ4v) is 3.13. The molecule has 1 heterocycles. The van der Waals surface area contributed by atoms with Crippen LogP contribution in [-0.4, -0.2) is 51.1 Å². The van der Waals surface area contributed by atoms with Gasteiger partial charge in [0.1, 0.15) is 29.4 Å². The summed E-state index contributed by atoms with van der Waals surface area (Å²) in [6, 6.07) is 5.68. The van der Waals surface area contributed by atoms with E-state index in [1.807, 2.05) is 0 Å². The van der Waals surface area contributed by atoms with Crippen molar-refractivity contribution in [1.82, 2.24) is 19.8 Å². The largest absolute Gasteiger partial charge is 0.496 e. The second-order valence-electron chi connectivity index (χ2n) is 6.98. The summed E-state index contributed by atoms with van der Waals surface area (Å²) in [5.41, 5.74) is -1.29. The van der Waals surface area contributed by atoms with E-state index in [1.165, 1.54) is 32.4 Å². The number of halogens is 2. The molecule has 2 aromatic carbocycles. The van der Waals surface area contributed by atoms with Gasteiger partial charge in [0.2, 0.25) is 0 Å². The van der Waals surface area contributed by atoms with Crippen molar-refractivity contribution in [3.63, 3.8) is 0 Å². The molecule has 3 aromatic rings. The fourth-order valence-electron chi connectivity index (χ4n) is 3.13. The number of anilines is 1. The van der Waals surface area contributed by atoms with Gasteiger partial charge in [-0.05, 0) is 42.5 Å². The maximum atomic E-state index is 14.1. The van der Waals surface area contributed by atoms with Gasteiger partial charge in [-0.1, -0.05) is 6.07 Å². The van der Waals surface area contributed by atoms with Crippen LogP contribution in [0.1, 0.15) is 24.2 Å². The van der Waals surface area contributed by atoms with Gasteiger partial charge >= 0.3 is 11.7 Å². The second-order valence-corrected chi connectivity index (χ2v) is 6.98. The molecular formula is C20H21F2N5O5. The Balaban J connectivity index is 2.08. The summed E-state index contributed by atoms with van der Waals surface area (Å²) in [5.74, 6) is -2.76. The van der Waals surface area contributed by atoms with Gasteiger partial charge < -0.3 is 19.5 Å². The van der Waals surface area contributed by atoms with Crippen molar-refractivity contribution >= 4 is 11.7 Å². The minimum atomic E-state index is -1.22. The molecule has 0 bridgehead atoms. The summed E-state index contributed by atoms with van der Waals surface area (Å²) < 4.78 is 40.1. The van der Waals surface area contributed by atoms with E-state index >= 15 is 0 Å². The first-order valence-corrected chi connectivity index (χ1v) is 9.42. The van der Waals surface area contributed by atoms with E-state index in [-0.39, 0.29) is 24.0 Å². The first-order valence-electron chi connectivity index (χ1n) is 9.42. The third kappa shape index (κ3) is 4.11. The highest BCUT2D eigenvalue weighted by Crippen LogP contribution is 2.36. The standard InChI is InChI=1S/C20H21F2N5O5/c1-11(2)25(15-8-12(19(28)29)16(31-3)9-17(15)32-4)10-26-20(30)27(24-23-26)18-13(21)6-5-7-14(18)22/h5-9,11H,10H2,1-4H3,(H,28,29). The summed E-state index contributed by atoms with van der Waals surface area (Å²) >= 11 is 0. The van der Waals surface area contributed by atoms with Crippen molar-refractivity contribution in [2.75, 3.05) is 19.1 Å². The lowest BCUT2D eigenvalue weighted by atomic mass is 10.1. The Morgan fingerprint density at radius 3 is 2.28 bits per heavy atom. The number of nitrogens with zero attached hydrogens (tertiary/aromatic N) is 5. The van der Waals surface area contributed by atoms with E-state index in [9.17, 15) is 23.5 Å². The average Bonchev–Trinajstić information content (AvgIpc) is 3.10. The third-order valence-electron chi connectivity index (χ3n) is 4.74. The molecule has 0 unspecified atom stereocenters. The Hall–Kier alpha value is -3.96. The van der Waals surface area contributed by atoms with Crippen molar-refractivity contribution < 1.29 is 28.2 Å². The van der Waals surface area contributed by atoms with Gasteiger partial charge in [0.15, 0.2) is 11.6 Å². The number of hydrogen-bond donors (Lipinski definition) is 1. The van der Waals surface area contributed by atoms with Gasteiger partial charge in [-0.2, -0.15) is 9.36 Å². The molecule has 0 fully saturated rings. The van der Waals surface area contributed by atoms with Crippen LogP contribution in [0.15, 0.2) is 35.1 Å². The van der Waals surface area contributed by atoms with Gasteiger partial charge in [-0.3, -0.25) is 0 Å². The van der Waals surface area contributed by atoms with Crippen LogP contribution in [-0.2, 0) is 6.67 Å². The first kappa shape index (κ1) is 22.7. The van der Waals surface area contributed by atoms with Crippen LogP contribution in [0.3, 0.4) is 0 Å². The van der Waals surface area contributed by atoms with Crippen LogP contribution in [0.4, 0.5) is 14.5 Å². The molecule has 0 atom stereocenters. The zero-order valence-electron chi connectivity index (χ0n) is 17.7. The molecule has 0 saturated heterocycles. The Morgan fingerprint density at radius 1 is 1.12 bits per heavy atom. The third-order valence-corrected chi connectivity index (χ3v) is 4.74. The summed E-state index contributed by atoms with van der Waals surface area (Å²) in [5, 5.41) is 16.9. The molecule has 0 aliphatic heterocycles. The van der Waals surface area contributed by atoms with Crippen LogP contribution in [0.5, 0.6) is 11.5 Å². The van der Waals surface area contributed by atoms with Crippen molar-refractivity contribution in [1.29, 1.82) is 0 Å². The highest BCUT2D eigenvalue weighted by Gasteiger charge is 2.24. The zero-order chi connectivity index (χ0) is 23.6. The molecule has 10 nitrogen and oxygen atoms in total. The van der Waals surface area contributed by atoms with Crippen molar-refractivity contribution in [2.45, 2.75) is 26.6 Å². The number of ether oxygens (including phenoxy) is 2. The summed E-state index contributed by atoms with van der Waals surface area (Å²) in [6.07, 6.45) is 0. The molecular weight excluding hydrogens is 428 g/mol. The van der Waals surface area contributed by atoms with Gasteiger partial charge in [0.25, 0.3) is 0 Å². The number of methoxy groups -OCH3 is 2. The van der Waals surface area contributed by atoms with E-state index in [0.29, 0.717) is 16.1 Å². The number of carboxylic acid groups (broad SMARTS) is 1. The van der Waals surface area contributed by atoms with Crippen molar-refractivity contribution in [3.05, 3.63) is 58.0 Å². The lowest BCUT2D eigenvalue weighted by Gasteiger charge is -2.30. The van der Waals surface area contributed by atoms with E-state index < -0.39 is 29.0 Å². The van der Waals surface area contributed by atoms with E-state index in [0.717, 1.165) is 16.8 Å². The normalized spacial score (nSPS) is 11.0. The van der Waals surface area contributed by atoms with Gasteiger partial charge in [0.05, 0.1) is 19.9 Å². The molecule has 0 spiro atoms. The number of hydrogen-bond acceptors (Lipinski definition) is 7. The number of benzene rings is 2. The van der Waals surface area contributed by atoms with E-state index in [2.05, 4.69) is 10.4 Å². The number of carbonyl (C=O) groups is 1. The van der Waals surface area contributed by atoms with Crippen LogP contribution >= 0.6 is 0 Å². The second kappa shape index (κ2) is 9.04. The van der Waals surface area contributed by atoms with Crippen molar-refractivity contribution in [3.8, 4) is 17.2 Å². The predicted molar refractivity (Wildman–Crippen MR) is 110 cm³/mol. The van der Waals surface area contributed by atoms with Crippen LogP contribution in [0.25, 0.3) is 5.69 Å². The Labute approximate surface area is 181 Å². The SMILES string of the molecule is COc1cc(OC)c(N(Cn2nnn(-c3c(F)cccc3F)c2=O)C(C)C)cc1C(=O)O. The molecule has 0 aliphatic rings. The minimum absolute atomic E-state index is 0.0972. The molecule has 3 rings (SSSR count). The first-order chi connectivity index (χ1) is 15.2. The highest BCUT2D eigenvalue weighted by molar-refractivity contribution is 5.93. The number of aromatic carboxylic acids is 1. The zero-order valence-corrected chi connectivity index (χ0v) is 17.7. The smallest absolute Gasteiger partial charge is 0.370 e. The van der Waals surface area contributed by atoms with Crippen LogP contribution in [0.2, 0.25) is 0 Å². The lowest BCUT2D eigenvalue weighted by Crippen LogP contribution is -2.38. The van der Waals surface area contributed by atoms with E-state index in [1.54, 1.807) is 18.7 Å². The van der Waals surface area contributed by atoms with Crippen molar-refractivity contribution in [2.24, 2.45) is 0 Å². The quantitative estimate of drug-likeness (QED) is 0.558. The average molecular weight is 449 g/mol. The topological polar surface area (TPSA) is 112 Å². The molecule has 0 radical (unpaired) electrons. The molecule has 1 aromatic heterocycles. The van der Waals surface area contributed by atoms with Gasteiger partial charge in [-0.15, -0.1) is 0 Å². The number of rotatable bonds is 8. The molecule has 12 heteroatoms. The minimum Gasteiger partial charge on any atom is -0.496 e. The van der Waals surface area contributed by atoms with Gasteiger partial charge in [-0.25, -0.2) is 18.4 Å². The molecule has 170 valence electrons. The van der Waals surface area contributed by atoms with Crippen LogP contribution < -0.4 is 20.1 Å². The summed E-state index contributed by atoms with van der Waals surface area (Å²) in [6.45, 7) is 3.40. The maximum Gasteiger partial charge on any atom is 0.370 e. The predicted octanol–water partition coefficient (Wildman–Crippen LogP) is 2.30. The number of tetrazole rings is 1.